The Morgan fingerprint density at radius 1 is 0.957 bits per heavy atom. The van der Waals surface area contributed by atoms with Gasteiger partial charge in [-0.3, -0.25) is 9.59 Å². The number of benzene rings is 2. The molecule has 0 saturated carbocycles. The normalized spacial score (nSPS) is 10.4. The van der Waals surface area contributed by atoms with E-state index < -0.39 is 11.8 Å². The van der Waals surface area contributed by atoms with Gasteiger partial charge in [-0.2, -0.15) is 0 Å². The molecule has 0 spiro atoms. The molecule has 0 unspecified atom stereocenters. The summed E-state index contributed by atoms with van der Waals surface area (Å²) in [6, 6.07) is 12.0. The van der Waals surface area contributed by atoms with Crippen LogP contribution >= 0.6 is 11.6 Å². The molecule has 0 aliphatic rings. The zero-order valence-electron chi connectivity index (χ0n) is 12.9. The summed E-state index contributed by atoms with van der Waals surface area (Å²) in [5.74, 6) is -1.13. The van der Waals surface area contributed by atoms with Gasteiger partial charge in [0.2, 0.25) is 0 Å². The molecular formula is C17H18ClN3O2. The smallest absolute Gasteiger partial charge is 0.314 e. The van der Waals surface area contributed by atoms with Crippen molar-refractivity contribution in [2.24, 2.45) is 0 Å². The Morgan fingerprint density at radius 3 is 2.00 bits per heavy atom. The molecule has 0 heterocycles. The van der Waals surface area contributed by atoms with Gasteiger partial charge in [-0.05, 0) is 41.8 Å². The molecule has 0 aliphatic heterocycles. The zero-order valence-corrected chi connectivity index (χ0v) is 13.6. The van der Waals surface area contributed by atoms with E-state index in [-0.39, 0.29) is 0 Å². The van der Waals surface area contributed by atoms with Crippen molar-refractivity contribution in [2.45, 2.75) is 19.8 Å². The third-order valence-corrected chi connectivity index (χ3v) is 3.63. The predicted octanol–water partition coefficient (Wildman–Crippen LogP) is 3.62. The maximum absolute atomic E-state index is 11.9. The van der Waals surface area contributed by atoms with Crippen LogP contribution in [0.25, 0.3) is 0 Å². The van der Waals surface area contributed by atoms with Crippen molar-refractivity contribution in [2.75, 3.05) is 16.4 Å². The largest absolute Gasteiger partial charge is 0.398 e. The first-order chi connectivity index (χ1) is 10.9. The Morgan fingerprint density at radius 2 is 1.48 bits per heavy atom. The van der Waals surface area contributed by atoms with Crippen LogP contribution in [0.5, 0.6) is 0 Å². The number of rotatable bonds is 3. The van der Waals surface area contributed by atoms with Gasteiger partial charge in [0, 0.05) is 11.4 Å². The third-order valence-electron chi connectivity index (χ3n) is 3.30. The van der Waals surface area contributed by atoms with E-state index in [0.717, 1.165) is 5.56 Å². The second-order valence-corrected chi connectivity index (χ2v) is 5.83. The molecule has 2 aromatic rings. The second-order valence-electron chi connectivity index (χ2n) is 5.42. The van der Waals surface area contributed by atoms with Gasteiger partial charge in [-0.1, -0.05) is 37.6 Å². The molecule has 2 rings (SSSR count). The molecule has 0 radical (unpaired) electrons. The molecule has 0 saturated heterocycles. The number of hydrogen-bond donors (Lipinski definition) is 3. The van der Waals surface area contributed by atoms with Crippen LogP contribution < -0.4 is 16.4 Å². The van der Waals surface area contributed by atoms with Gasteiger partial charge in [-0.25, -0.2) is 0 Å². The first-order valence-corrected chi connectivity index (χ1v) is 7.52. The molecule has 0 atom stereocenters. The molecule has 2 amide bonds. The van der Waals surface area contributed by atoms with Crippen molar-refractivity contribution < 1.29 is 9.59 Å². The lowest BCUT2D eigenvalue weighted by atomic mass is 10.0. The van der Waals surface area contributed by atoms with Crippen molar-refractivity contribution in [3.63, 3.8) is 0 Å². The van der Waals surface area contributed by atoms with E-state index in [1.54, 1.807) is 24.3 Å². The molecule has 4 N–H and O–H groups in total. The quantitative estimate of drug-likeness (QED) is 0.593. The summed E-state index contributed by atoms with van der Waals surface area (Å²) in [5.41, 5.74) is 8.11. The fourth-order valence-electron chi connectivity index (χ4n) is 1.93. The SMILES string of the molecule is CC(C)c1ccc(NC(=O)C(=O)Nc2ccc(N)c(Cl)c2)cc1. The summed E-state index contributed by atoms with van der Waals surface area (Å²) in [6.07, 6.45) is 0. The molecular weight excluding hydrogens is 314 g/mol. The molecule has 6 heteroatoms. The number of halogens is 1. The van der Waals surface area contributed by atoms with Crippen molar-refractivity contribution in [1.29, 1.82) is 0 Å². The van der Waals surface area contributed by atoms with Gasteiger partial charge < -0.3 is 16.4 Å². The lowest BCUT2D eigenvalue weighted by Gasteiger charge is -2.09. The van der Waals surface area contributed by atoms with Gasteiger partial charge >= 0.3 is 11.8 Å². The van der Waals surface area contributed by atoms with E-state index in [9.17, 15) is 9.59 Å². The number of carbonyl (C=O) groups excluding carboxylic acids is 2. The number of nitrogens with one attached hydrogen (secondary N) is 2. The van der Waals surface area contributed by atoms with E-state index >= 15 is 0 Å². The molecule has 120 valence electrons. The molecule has 0 aliphatic carbocycles. The standard InChI is InChI=1S/C17H18ClN3O2/c1-10(2)11-3-5-12(6-4-11)20-16(22)17(23)21-13-7-8-15(19)14(18)9-13/h3-10H,19H2,1-2H3,(H,20,22)(H,21,23). The van der Waals surface area contributed by atoms with Crippen LogP contribution in [0.4, 0.5) is 17.1 Å². The number of nitrogens with two attached hydrogens (primary N) is 1. The van der Waals surface area contributed by atoms with Crippen molar-refractivity contribution in [1.82, 2.24) is 0 Å². The summed E-state index contributed by atoms with van der Waals surface area (Å²) in [7, 11) is 0. The highest BCUT2D eigenvalue weighted by molar-refractivity contribution is 6.43. The minimum Gasteiger partial charge on any atom is -0.398 e. The van der Waals surface area contributed by atoms with Gasteiger partial charge in [0.15, 0.2) is 0 Å². The molecule has 23 heavy (non-hydrogen) atoms. The van der Waals surface area contributed by atoms with Crippen LogP contribution in [0.3, 0.4) is 0 Å². The molecule has 0 aromatic heterocycles. The number of nitrogen functional groups attached to an aromatic ring is 1. The maximum Gasteiger partial charge on any atom is 0.314 e. The first-order valence-electron chi connectivity index (χ1n) is 7.14. The highest BCUT2D eigenvalue weighted by Crippen LogP contribution is 2.22. The first kappa shape index (κ1) is 16.8. The number of amides is 2. The van der Waals surface area contributed by atoms with Gasteiger partial charge in [0.1, 0.15) is 0 Å². The summed E-state index contributed by atoms with van der Waals surface area (Å²) < 4.78 is 0. The van der Waals surface area contributed by atoms with Crippen LogP contribution in [0, 0.1) is 0 Å². The second kappa shape index (κ2) is 7.15. The zero-order chi connectivity index (χ0) is 17.0. The molecule has 0 bridgehead atoms. The molecule has 0 fully saturated rings. The van der Waals surface area contributed by atoms with E-state index in [1.165, 1.54) is 6.07 Å². The summed E-state index contributed by atoms with van der Waals surface area (Å²) in [4.78, 5) is 23.8. The summed E-state index contributed by atoms with van der Waals surface area (Å²) in [5, 5.41) is 5.33. The third kappa shape index (κ3) is 4.47. The van der Waals surface area contributed by atoms with Crippen LogP contribution in [0.1, 0.15) is 25.3 Å². The number of carbonyl (C=O) groups is 2. The fraction of sp³-hybridized carbons (Fsp3) is 0.176. The average molecular weight is 332 g/mol. The average Bonchev–Trinajstić information content (AvgIpc) is 2.51. The number of hydrogen-bond acceptors (Lipinski definition) is 3. The van der Waals surface area contributed by atoms with E-state index in [1.807, 2.05) is 12.1 Å². The molecule has 2 aromatic carbocycles. The number of anilines is 3. The minimum absolute atomic E-state index is 0.312. The van der Waals surface area contributed by atoms with Crippen LogP contribution in [0.15, 0.2) is 42.5 Å². The predicted molar refractivity (Wildman–Crippen MR) is 93.7 cm³/mol. The Kier molecular flexibility index (Phi) is 5.24. The molecule has 5 nitrogen and oxygen atoms in total. The van der Waals surface area contributed by atoms with Crippen LogP contribution in [-0.4, -0.2) is 11.8 Å². The van der Waals surface area contributed by atoms with Crippen molar-refractivity contribution in [3.05, 3.63) is 53.1 Å². The monoisotopic (exact) mass is 331 g/mol. The van der Waals surface area contributed by atoms with E-state index in [0.29, 0.717) is 28.0 Å². The van der Waals surface area contributed by atoms with Gasteiger partial charge in [0.25, 0.3) is 0 Å². The Bertz CT molecular complexity index is 727. The Labute approximate surface area is 139 Å². The lowest BCUT2D eigenvalue weighted by Crippen LogP contribution is -2.29. The Hall–Kier alpha value is -2.53. The summed E-state index contributed by atoms with van der Waals surface area (Å²) in [6.45, 7) is 4.16. The van der Waals surface area contributed by atoms with Gasteiger partial charge in [0.05, 0.1) is 10.7 Å². The van der Waals surface area contributed by atoms with Crippen LogP contribution in [-0.2, 0) is 9.59 Å². The van der Waals surface area contributed by atoms with Gasteiger partial charge in [-0.15, -0.1) is 0 Å². The van der Waals surface area contributed by atoms with E-state index in [2.05, 4.69) is 24.5 Å². The lowest BCUT2D eigenvalue weighted by molar-refractivity contribution is -0.132. The van der Waals surface area contributed by atoms with E-state index in [4.69, 9.17) is 17.3 Å². The highest BCUT2D eigenvalue weighted by Gasteiger charge is 2.14. The topological polar surface area (TPSA) is 84.2 Å². The van der Waals surface area contributed by atoms with Crippen LogP contribution in [0.2, 0.25) is 5.02 Å². The van der Waals surface area contributed by atoms with Crippen molar-refractivity contribution >= 4 is 40.5 Å². The van der Waals surface area contributed by atoms with Crippen molar-refractivity contribution in [3.8, 4) is 0 Å². The summed E-state index contributed by atoms with van der Waals surface area (Å²) >= 11 is 5.87. The maximum atomic E-state index is 11.9. The minimum atomic E-state index is -0.779. The Balaban J connectivity index is 1.99. The fourth-order valence-corrected chi connectivity index (χ4v) is 2.11. The highest BCUT2D eigenvalue weighted by atomic mass is 35.5.